The van der Waals surface area contributed by atoms with Crippen LogP contribution >= 0.6 is 0 Å². The number of Topliss-reactive ketones (excluding diaryl/α,β-unsaturated/α-hetero) is 1. The summed E-state index contributed by atoms with van der Waals surface area (Å²) in [5, 5.41) is 10.2. The van der Waals surface area contributed by atoms with E-state index in [1.807, 2.05) is 0 Å². The van der Waals surface area contributed by atoms with Crippen molar-refractivity contribution in [3.05, 3.63) is 23.4 Å². The Kier molecular flexibility index (Phi) is 4.13. The Morgan fingerprint density at radius 1 is 1.07 bits per heavy atom. The molecule has 3 heteroatoms. The van der Waals surface area contributed by atoms with Crippen LogP contribution in [0.5, 0.6) is 0 Å². The lowest BCUT2D eigenvalue weighted by Crippen LogP contribution is -2.50. The molecule has 1 saturated heterocycles. The first-order valence-electron chi connectivity index (χ1n) is 11.3. The molecule has 0 bridgehead atoms. The third-order valence-corrected chi connectivity index (χ3v) is 9.20. The summed E-state index contributed by atoms with van der Waals surface area (Å²) in [5.74, 6) is 2.30. The maximum atomic E-state index is 13.4. The van der Waals surface area contributed by atoms with Gasteiger partial charge in [-0.1, -0.05) is 25.5 Å². The van der Waals surface area contributed by atoms with Gasteiger partial charge in [-0.05, 0) is 81.0 Å². The summed E-state index contributed by atoms with van der Waals surface area (Å²) in [6.45, 7) is 6.97. The molecular formula is C24H35NO2. The lowest BCUT2D eigenvalue weighted by molar-refractivity contribution is -0.130. The lowest BCUT2D eigenvalue weighted by Gasteiger charge is -2.56. The molecule has 0 unspecified atom stereocenters. The Bertz CT molecular complexity index is 703. The first-order valence-corrected chi connectivity index (χ1v) is 11.3. The zero-order chi connectivity index (χ0) is 18.8. The van der Waals surface area contributed by atoms with E-state index in [9.17, 15) is 9.90 Å². The van der Waals surface area contributed by atoms with Gasteiger partial charge in [0.2, 0.25) is 0 Å². The number of likely N-dealkylation sites (tertiary alicyclic amines) is 1. The van der Waals surface area contributed by atoms with Crippen LogP contribution in [0.1, 0.15) is 71.6 Å². The van der Waals surface area contributed by atoms with Crippen molar-refractivity contribution in [2.24, 2.45) is 28.6 Å². The molecule has 3 saturated carbocycles. The van der Waals surface area contributed by atoms with Crippen LogP contribution in [0.25, 0.3) is 0 Å². The number of nitrogens with zero attached hydrogens (tertiary/aromatic N) is 1. The van der Waals surface area contributed by atoms with E-state index in [0.29, 0.717) is 23.5 Å². The van der Waals surface area contributed by atoms with Crippen molar-refractivity contribution in [3.63, 3.8) is 0 Å². The quantitative estimate of drug-likeness (QED) is 0.548. The van der Waals surface area contributed by atoms with E-state index in [1.54, 1.807) is 0 Å². The van der Waals surface area contributed by atoms with Gasteiger partial charge in [0, 0.05) is 30.3 Å². The van der Waals surface area contributed by atoms with E-state index in [0.717, 1.165) is 57.2 Å². The number of hydrogen-bond acceptors (Lipinski definition) is 3. The summed E-state index contributed by atoms with van der Waals surface area (Å²) in [6, 6.07) is 0. The van der Waals surface area contributed by atoms with Gasteiger partial charge >= 0.3 is 0 Å². The molecule has 4 aliphatic carbocycles. The Hall–Kier alpha value is -1.09. The largest absolute Gasteiger partial charge is 0.393 e. The highest BCUT2D eigenvalue weighted by Gasteiger charge is 2.59. The number of hydrogen-bond donors (Lipinski definition) is 1. The van der Waals surface area contributed by atoms with Crippen molar-refractivity contribution in [3.8, 4) is 0 Å². The molecule has 0 amide bonds. The van der Waals surface area contributed by atoms with E-state index < -0.39 is 0 Å². The van der Waals surface area contributed by atoms with Gasteiger partial charge in [0.25, 0.3) is 0 Å². The molecule has 148 valence electrons. The van der Waals surface area contributed by atoms with Crippen molar-refractivity contribution in [2.75, 3.05) is 13.1 Å². The average molecular weight is 370 g/mol. The fraction of sp³-hybridized carbons (Fsp3) is 0.792. The van der Waals surface area contributed by atoms with Crippen LogP contribution in [0.3, 0.4) is 0 Å². The highest BCUT2D eigenvalue weighted by atomic mass is 16.3. The van der Waals surface area contributed by atoms with Crippen LogP contribution < -0.4 is 0 Å². The number of ketones is 1. The Morgan fingerprint density at radius 3 is 2.59 bits per heavy atom. The number of carbonyl (C=O) groups is 1. The fourth-order valence-electron chi connectivity index (χ4n) is 7.52. The van der Waals surface area contributed by atoms with Crippen LogP contribution in [-0.2, 0) is 4.79 Å². The molecule has 27 heavy (non-hydrogen) atoms. The monoisotopic (exact) mass is 369 g/mol. The van der Waals surface area contributed by atoms with E-state index >= 15 is 0 Å². The second kappa shape index (κ2) is 6.20. The second-order valence-corrected chi connectivity index (χ2v) is 10.5. The van der Waals surface area contributed by atoms with Gasteiger partial charge in [-0.3, -0.25) is 4.79 Å². The molecule has 0 aromatic rings. The van der Waals surface area contributed by atoms with Gasteiger partial charge in [-0.2, -0.15) is 0 Å². The minimum atomic E-state index is -0.141. The summed E-state index contributed by atoms with van der Waals surface area (Å²) >= 11 is 0. The SMILES string of the molecule is C[C@]12CC[C@H](O)CC1=CC[C@@H]1[C@@H]2CC[C@]2(C)C(=O)C(=CN3CCCC3)C[C@@H]12. The van der Waals surface area contributed by atoms with E-state index in [4.69, 9.17) is 0 Å². The topological polar surface area (TPSA) is 40.5 Å². The van der Waals surface area contributed by atoms with Crippen molar-refractivity contribution in [1.29, 1.82) is 0 Å². The number of allylic oxidation sites excluding steroid dienone is 2. The van der Waals surface area contributed by atoms with E-state index in [-0.39, 0.29) is 16.9 Å². The summed E-state index contributed by atoms with van der Waals surface area (Å²) in [6.07, 6.45) is 14.4. The molecule has 0 aromatic carbocycles. The van der Waals surface area contributed by atoms with Gasteiger partial charge in [0.15, 0.2) is 5.78 Å². The third kappa shape index (κ3) is 2.60. The van der Waals surface area contributed by atoms with Gasteiger partial charge in [0.05, 0.1) is 6.10 Å². The molecular weight excluding hydrogens is 334 g/mol. The predicted molar refractivity (Wildman–Crippen MR) is 107 cm³/mol. The summed E-state index contributed by atoms with van der Waals surface area (Å²) < 4.78 is 0. The second-order valence-electron chi connectivity index (χ2n) is 10.5. The molecule has 3 nitrogen and oxygen atoms in total. The van der Waals surface area contributed by atoms with Crippen molar-refractivity contribution in [2.45, 2.75) is 77.7 Å². The van der Waals surface area contributed by atoms with Gasteiger partial charge in [-0.25, -0.2) is 0 Å². The van der Waals surface area contributed by atoms with Crippen LogP contribution in [0, 0.1) is 28.6 Å². The summed E-state index contributed by atoms with van der Waals surface area (Å²) in [5.41, 5.74) is 2.75. The molecule has 1 aliphatic heterocycles. The normalized spacial score (nSPS) is 48.3. The van der Waals surface area contributed by atoms with Gasteiger partial charge < -0.3 is 10.0 Å². The smallest absolute Gasteiger partial charge is 0.166 e. The van der Waals surface area contributed by atoms with Crippen molar-refractivity contribution >= 4 is 5.78 Å². The minimum Gasteiger partial charge on any atom is -0.393 e. The maximum Gasteiger partial charge on any atom is 0.166 e. The highest BCUT2D eigenvalue weighted by molar-refractivity contribution is 6.02. The van der Waals surface area contributed by atoms with Crippen LogP contribution in [0.2, 0.25) is 0 Å². The number of aliphatic hydroxyl groups is 1. The molecule has 5 rings (SSSR count). The molecule has 5 aliphatic rings. The maximum absolute atomic E-state index is 13.4. The molecule has 0 aromatic heterocycles. The first kappa shape index (κ1) is 18.0. The Morgan fingerprint density at radius 2 is 1.81 bits per heavy atom. The molecule has 6 atom stereocenters. The van der Waals surface area contributed by atoms with Crippen molar-refractivity contribution < 1.29 is 9.90 Å². The summed E-state index contributed by atoms with van der Waals surface area (Å²) in [4.78, 5) is 15.8. The standard InChI is InChI=1S/C24H35NO2/c1-23-9-7-18(26)14-17(23)5-6-19-20(23)8-10-24(2)21(19)13-16(22(24)27)15-25-11-3-4-12-25/h5,15,18-21,26H,3-4,6-14H2,1-2H3/t18-,19+,20-,21-,23-,24-/m0/s1. The number of rotatable bonds is 1. The van der Waals surface area contributed by atoms with Crippen LogP contribution in [-0.4, -0.2) is 35.0 Å². The number of aliphatic hydroxyl groups excluding tert-OH is 1. The first-order chi connectivity index (χ1) is 12.9. The van der Waals surface area contributed by atoms with E-state index in [2.05, 4.69) is 31.0 Å². The number of fused-ring (bicyclic) bond motifs is 5. The predicted octanol–water partition coefficient (Wildman–Crippen LogP) is 4.47. The van der Waals surface area contributed by atoms with Crippen LogP contribution in [0.15, 0.2) is 23.4 Å². The molecule has 1 N–H and O–H groups in total. The fourth-order valence-corrected chi connectivity index (χ4v) is 7.52. The van der Waals surface area contributed by atoms with Gasteiger partial charge in [-0.15, -0.1) is 0 Å². The lowest BCUT2D eigenvalue weighted by atomic mass is 9.48. The number of carbonyl (C=O) groups excluding carboxylic acids is 1. The van der Waals surface area contributed by atoms with Crippen LogP contribution in [0.4, 0.5) is 0 Å². The Labute approximate surface area is 163 Å². The zero-order valence-corrected chi connectivity index (χ0v) is 17.0. The zero-order valence-electron chi connectivity index (χ0n) is 17.0. The van der Waals surface area contributed by atoms with Gasteiger partial charge in [0.1, 0.15) is 0 Å². The highest BCUT2D eigenvalue weighted by Crippen LogP contribution is 2.64. The molecule has 0 spiro atoms. The molecule has 0 radical (unpaired) electrons. The summed E-state index contributed by atoms with van der Waals surface area (Å²) in [7, 11) is 0. The average Bonchev–Trinajstić information content (AvgIpc) is 3.24. The minimum absolute atomic E-state index is 0.136. The molecule has 4 fully saturated rings. The third-order valence-electron chi connectivity index (χ3n) is 9.20. The van der Waals surface area contributed by atoms with E-state index in [1.165, 1.54) is 24.8 Å². The van der Waals surface area contributed by atoms with Crippen molar-refractivity contribution in [1.82, 2.24) is 4.90 Å². The Balaban J connectivity index is 1.45. The molecule has 1 heterocycles.